The first-order chi connectivity index (χ1) is 10.9. The van der Waals surface area contributed by atoms with E-state index in [9.17, 15) is 0 Å². The van der Waals surface area contributed by atoms with E-state index in [2.05, 4.69) is 55.4 Å². The first-order valence-electron chi connectivity index (χ1n) is 8.96. The van der Waals surface area contributed by atoms with Crippen molar-refractivity contribution in [2.45, 2.75) is 69.2 Å². The fourth-order valence-corrected chi connectivity index (χ4v) is 0.805. The molecule has 1 aromatic carbocycles. The predicted octanol–water partition coefficient (Wildman–Crippen LogP) is 7.84. The molecular weight excluding hydrogens is 290 g/mol. The van der Waals surface area contributed by atoms with Gasteiger partial charge in [0.15, 0.2) is 0 Å². The monoisotopic (exact) mass is 333 g/mol. The highest BCUT2D eigenvalue weighted by Gasteiger charge is 1.96. The summed E-state index contributed by atoms with van der Waals surface area (Å²) in [7, 11) is 2.00. The standard InChI is InChI=1S/C6H6.C5H7N.2C5H12.C2H6/c1-2-4-6-5-3-1;1-6-4-2-3-5-6;2*1-5(2,3)4;1-2/h1-6H;2-5H,1H3;2*1-4H3;1-2H3. The van der Waals surface area contributed by atoms with Crippen molar-refractivity contribution in [2.75, 3.05) is 0 Å². The van der Waals surface area contributed by atoms with E-state index in [1.165, 1.54) is 0 Å². The third-order valence-corrected chi connectivity index (χ3v) is 1.42. The number of hydrogen-bond acceptors (Lipinski definition) is 0. The minimum Gasteiger partial charge on any atom is -0.357 e. The van der Waals surface area contributed by atoms with Crippen LogP contribution in [0, 0.1) is 10.8 Å². The first-order valence-corrected chi connectivity index (χ1v) is 8.96. The summed E-state index contributed by atoms with van der Waals surface area (Å²) in [6, 6.07) is 16.0. The zero-order valence-corrected chi connectivity index (χ0v) is 18.2. The Hall–Kier alpha value is -1.50. The molecule has 2 aromatic rings. The van der Waals surface area contributed by atoms with Gasteiger partial charge in [-0.2, -0.15) is 0 Å². The van der Waals surface area contributed by atoms with Gasteiger partial charge < -0.3 is 4.57 Å². The van der Waals surface area contributed by atoms with Gasteiger partial charge in [-0.15, -0.1) is 0 Å². The molecule has 0 aliphatic carbocycles. The molecule has 1 nitrogen and oxygen atoms in total. The maximum Gasteiger partial charge on any atom is 0.0106 e. The lowest BCUT2D eigenvalue weighted by atomic mass is 10.0. The summed E-state index contributed by atoms with van der Waals surface area (Å²) in [5, 5.41) is 0. The van der Waals surface area contributed by atoms with Crippen LogP contribution in [0.1, 0.15) is 69.2 Å². The Morgan fingerprint density at radius 1 is 0.458 bits per heavy atom. The van der Waals surface area contributed by atoms with Crippen molar-refractivity contribution in [1.82, 2.24) is 4.57 Å². The van der Waals surface area contributed by atoms with Crippen LogP contribution in [0.5, 0.6) is 0 Å². The Morgan fingerprint density at radius 3 is 0.708 bits per heavy atom. The molecule has 2 rings (SSSR count). The summed E-state index contributed by atoms with van der Waals surface area (Å²) < 4.78 is 2.00. The van der Waals surface area contributed by atoms with Gasteiger partial charge in [0.1, 0.15) is 0 Å². The second kappa shape index (κ2) is 16.4. The van der Waals surface area contributed by atoms with E-state index in [1.807, 2.05) is 86.4 Å². The van der Waals surface area contributed by atoms with Gasteiger partial charge in [-0.1, -0.05) is 106 Å². The zero-order chi connectivity index (χ0) is 19.6. The third kappa shape index (κ3) is 58.9. The lowest BCUT2D eigenvalue weighted by molar-refractivity contribution is 0.469. The van der Waals surface area contributed by atoms with Gasteiger partial charge in [0.05, 0.1) is 0 Å². The van der Waals surface area contributed by atoms with E-state index < -0.39 is 0 Å². The second-order valence-electron chi connectivity index (χ2n) is 8.50. The minimum atomic E-state index is 0.500. The maximum atomic E-state index is 2.19. The molecule has 1 aromatic heterocycles. The average Bonchev–Trinajstić information content (AvgIpc) is 2.91. The Balaban J connectivity index is -0.000000238. The van der Waals surface area contributed by atoms with E-state index in [0.717, 1.165) is 0 Å². The topological polar surface area (TPSA) is 4.93 Å². The molecule has 0 saturated heterocycles. The van der Waals surface area contributed by atoms with Crippen LogP contribution in [-0.2, 0) is 7.05 Å². The molecule has 0 bridgehead atoms. The van der Waals surface area contributed by atoms with Gasteiger partial charge >= 0.3 is 0 Å². The van der Waals surface area contributed by atoms with Gasteiger partial charge in [-0.3, -0.25) is 0 Å². The fraction of sp³-hybridized carbons (Fsp3) is 0.565. The Labute approximate surface area is 153 Å². The molecule has 0 radical (unpaired) electrons. The van der Waals surface area contributed by atoms with Gasteiger partial charge in [0.25, 0.3) is 0 Å². The second-order valence-corrected chi connectivity index (χ2v) is 8.50. The average molecular weight is 334 g/mol. The molecule has 1 heterocycles. The third-order valence-electron chi connectivity index (χ3n) is 1.42. The summed E-state index contributed by atoms with van der Waals surface area (Å²) in [4.78, 5) is 0. The van der Waals surface area contributed by atoms with Crippen molar-refractivity contribution in [3.05, 3.63) is 60.9 Å². The Kier molecular flexibility index (Phi) is 18.6. The van der Waals surface area contributed by atoms with E-state index >= 15 is 0 Å². The molecule has 0 aliphatic rings. The van der Waals surface area contributed by atoms with E-state index in [0.29, 0.717) is 10.8 Å². The molecule has 1 heteroatoms. The molecule has 0 saturated carbocycles. The van der Waals surface area contributed by atoms with Crippen molar-refractivity contribution in [3.63, 3.8) is 0 Å². The number of rotatable bonds is 0. The molecule has 0 spiro atoms. The highest BCUT2D eigenvalue weighted by molar-refractivity contribution is 4.99. The molecule has 0 atom stereocenters. The van der Waals surface area contributed by atoms with E-state index in [1.54, 1.807) is 0 Å². The van der Waals surface area contributed by atoms with Gasteiger partial charge in [-0.25, -0.2) is 0 Å². The Bertz CT molecular complexity index is 363. The van der Waals surface area contributed by atoms with Crippen molar-refractivity contribution >= 4 is 0 Å². The van der Waals surface area contributed by atoms with Crippen LogP contribution in [0.15, 0.2) is 60.9 Å². The van der Waals surface area contributed by atoms with Crippen molar-refractivity contribution in [3.8, 4) is 0 Å². The van der Waals surface area contributed by atoms with Crippen LogP contribution in [0.3, 0.4) is 0 Å². The number of aromatic nitrogens is 1. The summed E-state index contributed by atoms with van der Waals surface area (Å²) in [5.74, 6) is 0. The number of nitrogens with zero attached hydrogens (tertiary/aromatic N) is 1. The molecule has 0 aliphatic heterocycles. The SMILES string of the molecule is CC.CC(C)(C)C.CC(C)(C)C.Cn1cccc1.c1ccccc1. The molecule has 0 N–H and O–H groups in total. The van der Waals surface area contributed by atoms with Crippen LogP contribution in [0.4, 0.5) is 0 Å². The number of hydrogen-bond donors (Lipinski definition) is 0. The molecule has 0 unspecified atom stereocenters. The van der Waals surface area contributed by atoms with E-state index in [4.69, 9.17) is 0 Å². The molecule has 0 amide bonds. The van der Waals surface area contributed by atoms with Crippen LogP contribution in [-0.4, -0.2) is 4.57 Å². The molecular formula is C23H43N. The minimum absolute atomic E-state index is 0.500. The maximum absolute atomic E-state index is 2.19. The smallest absolute Gasteiger partial charge is 0.0106 e. The number of benzene rings is 1. The fourth-order valence-electron chi connectivity index (χ4n) is 0.805. The van der Waals surface area contributed by atoms with Crippen molar-refractivity contribution in [2.24, 2.45) is 17.9 Å². The quantitative estimate of drug-likeness (QED) is 0.462. The van der Waals surface area contributed by atoms with E-state index in [-0.39, 0.29) is 0 Å². The summed E-state index contributed by atoms with van der Waals surface area (Å²) >= 11 is 0. The number of aryl methyl sites for hydroxylation is 1. The van der Waals surface area contributed by atoms with Crippen molar-refractivity contribution < 1.29 is 0 Å². The summed E-state index contributed by atoms with van der Waals surface area (Å²) in [6.45, 7) is 21.5. The van der Waals surface area contributed by atoms with Gasteiger partial charge in [-0.05, 0) is 23.0 Å². The van der Waals surface area contributed by atoms with Crippen LogP contribution in [0.25, 0.3) is 0 Å². The lowest BCUT2D eigenvalue weighted by Gasteiger charge is -2.05. The van der Waals surface area contributed by atoms with Crippen LogP contribution in [0.2, 0.25) is 0 Å². The largest absolute Gasteiger partial charge is 0.357 e. The highest BCUT2D eigenvalue weighted by atomic mass is 14.9. The summed E-state index contributed by atoms with van der Waals surface area (Å²) in [6.07, 6.45) is 4.00. The lowest BCUT2D eigenvalue weighted by Crippen LogP contribution is -1.93. The molecule has 24 heavy (non-hydrogen) atoms. The van der Waals surface area contributed by atoms with Gasteiger partial charge in [0.2, 0.25) is 0 Å². The van der Waals surface area contributed by atoms with Crippen LogP contribution >= 0.6 is 0 Å². The van der Waals surface area contributed by atoms with Crippen LogP contribution < -0.4 is 0 Å². The Morgan fingerprint density at radius 2 is 0.625 bits per heavy atom. The summed E-state index contributed by atoms with van der Waals surface area (Å²) in [5.41, 5.74) is 1.00. The molecule has 140 valence electrons. The first kappa shape index (κ1) is 27.4. The van der Waals surface area contributed by atoms with Gasteiger partial charge in [0, 0.05) is 19.4 Å². The highest BCUT2D eigenvalue weighted by Crippen LogP contribution is 2.08. The normalized spacial score (nSPS) is 9.46. The predicted molar refractivity (Wildman–Crippen MR) is 113 cm³/mol. The molecule has 0 fully saturated rings. The zero-order valence-electron chi connectivity index (χ0n) is 18.2. The van der Waals surface area contributed by atoms with Crippen molar-refractivity contribution in [1.29, 1.82) is 0 Å².